The molecule has 284 valence electrons. The fourth-order valence-corrected chi connectivity index (χ4v) is 7.13. The van der Waals surface area contributed by atoms with Crippen LogP contribution in [0.2, 0.25) is 0 Å². The predicted molar refractivity (Wildman–Crippen MR) is 203 cm³/mol. The fourth-order valence-electron chi connectivity index (χ4n) is 7.13. The summed E-state index contributed by atoms with van der Waals surface area (Å²) in [6.07, 6.45) is 5.67. The molecule has 0 spiro atoms. The lowest BCUT2D eigenvalue weighted by molar-refractivity contribution is -0.188. The number of ether oxygens (including phenoxy) is 1. The fraction of sp³-hybridized carbons (Fsp3) is 0.450. The number of nitrogens with zero attached hydrogens (tertiary/aromatic N) is 5. The second kappa shape index (κ2) is 17.0. The molecule has 54 heavy (non-hydrogen) atoms. The number of H-pyrrole nitrogens is 2. The number of fused-ring (bicyclic) bond motifs is 1. The molecule has 2 aliphatic rings. The van der Waals surface area contributed by atoms with Gasteiger partial charge in [0.25, 0.3) is 0 Å². The normalized spacial score (nSPS) is 18.3. The molecule has 14 nitrogen and oxygen atoms in total. The van der Waals surface area contributed by atoms with Crippen LogP contribution >= 0.6 is 0 Å². The van der Waals surface area contributed by atoms with Gasteiger partial charge in [-0.15, -0.1) is 0 Å². The van der Waals surface area contributed by atoms with Gasteiger partial charge in [-0.2, -0.15) is 4.89 Å². The van der Waals surface area contributed by atoms with E-state index >= 15 is 0 Å². The number of carbonyl (C=O) groups excluding carboxylic acids is 3. The largest absolute Gasteiger partial charge is 0.453 e. The summed E-state index contributed by atoms with van der Waals surface area (Å²) in [5.41, 5.74) is 5.13. The number of rotatable bonds is 11. The van der Waals surface area contributed by atoms with Crippen LogP contribution in [0.1, 0.15) is 88.2 Å². The molecular weight excluding hydrogens is 688 g/mol. The molecule has 2 aliphatic heterocycles. The Balaban J connectivity index is 1.12. The van der Waals surface area contributed by atoms with Gasteiger partial charge in [0, 0.05) is 24.2 Å². The summed E-state index contributed by atoms with van der Waals surface area (Å²) in [5.74, 6) is 7.66. The van der Waals surface area contributed by atoms with E-state index in [4.69, 9.17) is 14.6 Å². The molecular formula is C40H48N8O6. The third kappa shape index (κ3) is 8.42. The number of likely N-dealkylation sites (tertiary alicyclic amines) is 2. The van der Waals surface area contributed by atoms with Crippen LogP contribution in [0.4, 0.5) is 4.79 Å². The van der Waals surface area contributed by atoms with E-state index in [1.165, 1.54) is 20.6 Å². The summed E-state index contributed by atoms with van der Waals surface area (Å²) < 4.78 is 4.75. The number of nitrogens with one attached hydrogen (secondary N) is 3. The summed E-state index contributed by atoms with van der Waals surface area (Å²) >= 11 is 0. The number of aliphatic imine (C=N–C) groups is 1. The van der Waals surface area contributed by atoms with Gasteiger partial charge in [-0.05, 0) is 73.4 Å². The molecule has 3 N–H and O–H groups in total. The van der Waals surface area contributed by atoms with Crippen LogP contribution < -0.4 is 5.32 Å². The van der Waals surface area contributed by atoms with Crippen molar-refractivity contribution in [3.63, 3.8) is 0 Å². The van der Waals surface area contributed by atoms with Crippen molar-refractivity contribution in [1.82, 2.24) is 35.1 Å². The zero-order chi connectivity index (χ0) is 38.4. The first-order chi connectivity index (χ1) is 26.1. The molecule has 0 bridgehead atoms. The molecule has 4 heterocycles. The molecule has 2 aromatic carbocycles. The summed E-state index contributed by atoms with van der Waals surface area (Å²) in [5, 5.41) is 2.69. The van der Waals surface area contributed by atoms with Crippen molar-refractivity contribution in [1.29, 1.82) is 0 Å². The van der Waals surface area contributed by atoms with E-state index in [2.05, 4.69) is 42.0 Å². The van der Waals surface area contributed by atoms with Crippen LogP contribution in [0.5, 0.6) is 0 Å². The van der Waals surface area contributed by atoms with Crippen molar-refractivity contribution < 1.29 is 28.9 Å². The molecule has 0 unspecified atom stereocenters. The zero-order valence-corrected chi connectivity index (χ0v) is 31.6. The minimum atomic E-state index is -0.693. The van der Waals surface area contributed by atoms with Crippen LogP contribution in [0, 0.1) is 23.7 Å². The van der Waals surface area contributed by atoms with Gasteiger partial charge in [-0.3, -0.25) is 9.59 Å². The number of imidazole rings is 2. The van der Waals surface area contributed by atoms with Gasteiger partial charge in [-0.25, -0.2) is 19.8 Å². The highest BCUT2D eigenvalue weighted by atomic mass is 17.2. The van der Waals surface area contributed by atoms with Crippen LogP contribution in [-0.4, -0.2) is 93.4 Å². The summed E-state index contributed by atoms with van der Waals surface area (Å²) in [4.78, 5) is 72.7. The number of hydrogen-bond donors (Lipinski definition) is 3. The predicted octanol–water partition coefficient (Wildman–Crippen LogP) is 5.69. The Bertz CT molecular complexity index is 2040. The summed E-state index contributed by atoms with van der Waals surface area (Å²) in [6.45, 7) is 8.94. The van der Waals surface area contributed by atoms with E-state index in [1.54, 1.807) is 11.1 Å². The monoisotopic (exact) mass is 736 g/mol. The maximum Gasteiger partial charge on any atom is 0.407 e. The van der Waals surface area contributed by atoms with E-state index < -0.39 is 18.2 Å². The number of benzene rings is 2. The van der Waals surface area contributed by atoms with Crippen molar-refractivity contribution in [2.45, 2.75) is 77.5 Å². The maximum absolute atomic E-state index is 13.5. The van der Waals surface area contributed by atoms with E-state index in [9.17, 15) is 14.4 Å². The Morgan fingerprint density at radius 3 is 2.22 bits per heavy atom. The average Bonchev–Trinajstić information content (AvgIpc) is 4.00. The highest BCUT2D eigenvalue weighted by Crippen LogP contribution is 2.34. The van der Waals surface area contributed by atoms with Crippen molar-refractivity contribution in [3.8, 4) is 23.1 Å². The van der Waals surface area contributed by atoms with Crippen molar-refractivity contribution in [2.24, 2.45) is 16.8 Å². The lowest BCUT2D eigenvalue weighted by atomic mass is 10.0. The molecule has 3 amide bonds. The lowest BCUT2D eigenvalue weighted by Crippen LogP contribution is -2.51. The number of alkyl carbamates (subject to hydrolysis) is 1. The quantitative estimate of drug-likeness (QED) is 0.0581. The molecule has 2 aromatic heterocycles. The lowest BCUT2D eigenvalue weighted by Gasteiger charge is -2.29. The van der Waals surface area contributed by atoms with Gasteiger partial charge in [0.1, 0.15) is 23.7 Å². The summed E-state index contributed by atoms with van der Waals surface area (Å²) in [6, 6.07) is 12.1. The standard InChI is InChI=1S/C40H48N8O6/c1-24(2)34(42-23-54-53-6)38(49)47-19-7-9-32(47)36-41-22-31(45-36)28-16-13-26(14-17-28)11-12-27-15-18-29-30(21-27)44-37(43-29)33-10-8-20-48(33)39(50)35(25(3)4)46-40(51)52-5/h13-18,21-25,32-35H,7-10,19-20H2,1-6H3,(H,41,45)(H,43,44)(H,46,51)/b42-23-/t32-,33-,34-,35-/m0/s1. The third-order valence-electron chi connectivity index (χ3n) is 9.98. The van der Waals surface area contributed by atoms with Crippen LogP contribution in [0.25, 0.3) is 22.3 Å². The van der Waals surface area contributed by atoms with Gasteiger partial charge in [-0.1, -0.05) is 51.7 Å². The molecule has 6 rings (SSSR count). The van der Waals surface area contributed by atoms with Gasteiger partial charge in [0.05, 0.1) is 49.2 Å². The smallest absolute Gasteiger partial charge is 0.407 e. The molecule has 4 atom stereocenters. The molecule has 2 fully saturated rings. The van der Waals surface area contributed by atoms with Gasteiger partial charge < -0.3 is 34.7 Å². The first kappa shape index (κ1) is 38.1. The Hall–Kier alpha value is -5.68. The Labute approximate surface area is 315 Å². The van der Waals surface area contributed by atoms with Crippen molar-refractivity contribution >= 4 is 35.3 Å². The SMILES string of the molecule is COO/C=N\[C@H](C(=O)N1CCC[C@H]1c1ncc(-c2ccc(C#Cc3ccc4nc([C@@H]5CCCN5C(=O)[C@@H](NC(=O)OC)C(C)C)[nH]c4c3)cc2)[nH]1)C(C)C. The van der Waals surface area contributed by atoms with Crippen molar-refractivity contribution in [2.75, 3.05) is 27.3 Å². The van der Waals surface area contributed by atoms with Gasteiger partial charge in [0.2, 0.25) is 18.2 Å². The number of carbonyl (C=O) groups is 3. The highest BCUT2D eigenvalue weighted by Gasteiger charge is 2.38. The van der Waals surface area contributed by atoms with E-state index in [0.29, 0.717) is 18.9 Å². The molecule has 0 saturated carbocycles. The van der Waals surface area contributed by atoms with E-state index in [0.717, 1.165) is 64.9 Å². The second-order valence-electron chi connectivity index (χ2n) is 14.3. The third-order valence-corrected chi connectivity index (χ3v) is 9.98. The Morgan fingerprint density at radius 1 is 0.889 bits per heavy atom. The number of hydrogen-bond acceptors (Lipinski definition) is 9. The van der Waals surface area contributed by atoms with Gasteiger partial charge >= 0.3 is 6.09 Å². The second-order valence-corrected chi connectivity index (χ2v) is 14.3. The number of amides is 3. The average molecular weight is 737 g/mol. The molecule has 4 aromatic rings. The van der Waals surface area contributed by atoms with E-state index in [-0.39, 0.29) is 35.7 Å². The van der Waals surface area contributed by atoms with Crippen LogP contribution in [0.15, 0.2) is 53.7 Å². The van der Waals surface area contributed by atoms with Crippen LogP contribution in [0.3, 0.4) is 0 Å². The molecule has 14 heteroatoms. The minimum absolute atomic E-state index is 0.0139. The number of methoxy groups -OCH3 is 1. The Morgan fingerprint density at radius 2 is 1.56 bits per heavy atom. The summed E-state index contributed by atoms with van der Waals surface area (Å²) in [7, 11) is 2.68. The zero-order valence-electron chi connectivity index (χ0n) is 31.6. The van der Waals surface area contributed by atoms with Gasteiger partial charge in [0.15, 0.2) is 0 Å². The van der Waals surface area contributed by atoms with Crippen LogP contribution in [-0.2, 0) is 24.1 Å². The van der Waals surface area contributed by atoms with E-state index in [1.807, 2.05) is 75.1 Å². The number of aromatic nitrogens is 4. The highest BCUT2D eigenvalue weighted by molar-refractivity contribution is 5.87. The maximum atomic E-state index is 13.5. The molecule has 0 aliphatic carbocycles. The molecule has 0 radical (unpaired) electrons. The first-order valence-electron chi connectivity index (χ1n) is 18.4. The van der Waals surface area contributed by atoms with Crippen molar-refractivity contribution in [3.05, 3.63) is 71.4 Å². The molecule has 2 saturated heterocycles. The first-order valence-corrected chi connectivity index (χ1v) is 18.4. The topological polar surface area (TPSA) is 167 Å². The minimum Gasteiger partial charge on any atom is -0.453 e. The number of aromatic amines is 2. The Kier molecular flexibility index (Phi) is 12.0.